The van der Waals surface area contributed by atoms with Gasteiger partial charge in [-0.1, -0.05) is 0 Å². The number of nitrogen functional groups attached to an aromatic ring is 1. The number of carbonyl (C=O) groups excluding carboxylic acids is 1. The van der Waals surface area contributed by atoms with Crippen molar-refractivity contribution in [3.63, 3.8) is 0 Å². The number of benzene rings is 1. The minimum atomic E-state index is 0.0553. The van der Waals surface area contributed by atoms with Gasteiger partial charge >= 0.3 is 0 Å². The fourth-order valence-electron chi connectivity index (χ4n) is 2.70. The van der Waals surface area contributed by atoms with Gasteiger partial charge in [-0.15, -0.1) is 0 Å². The number of carbonyl (C=O) groups is 1. The van der Waals surface area contributed by atoms with Crippen molar-refractivity contribution in [1.82, 2.24) is 9.78 Å². The van der Waals surface area contributed by atoms with E-state index in [1.54, 1.807) is 0 Å². The highest BCUT2D eigenvalue weighted by Gasteiger charge is 2.26. The highest BCUT2D eigenvalue weighted by Crippen LogP contribution is 2.39. The first-order valence-corrected chi connectivity index (χ1v) is 6.99. The summed E-state index contributed by atoms with van der Waals surface area (Å²) >= 11 is 0. The molecule has 4 rings (SSSR count). The second kappa shape index (κ2) is 4.10. The van der Waals surface area contributed by atoms with Crippen LogP contribution < -0.4 is 11.1 Å². The molecule has 102 valence electrons. The first kappa shape index (κ1) is 11.5. The normalized spacial score (nSPS) is 17.7. The molecule has 2 aromatic rings. The summed E-state index contributed by atoms with van der Waals surface area (Å²) < 4.78 is 1.85. The maximum atomic E-state index is 11.4. The van der Waals surface area contributed by atoms with Crippen molar-refractivity contribution in [1.29, 1.82) is 0 Å². The summed E-state index contributed by atoms with van der Waals surface area (Å²) in [5, 5.41) is 7.48. The van der Waals surface area contributed by atoms with E-state index < -0.39 is 0 Å². The maximum absolute atomic E-state index is 11.4. The Bertz CT molecular complexity index is 700. The third-order valence-electron chi connectivity index (χ3n) is 4.00. The van der Waals surface area contributed by atoms with E-state index in [0.29, 0.717) is 18.0 Å². The monoisotopic (exact) mass is 268 g/mol. The van der Waals surface area contributed by atoms with Crippen LogP contribution in [0.15, 0.2) is 24.4 Å². The zero-order valence-electron chi connectivity index (χ0n) is 11.1. The van der Waals surface area contributed by atoms with Crippen molar-refractivity contribution in [3.8, 4) is 5.69 Å². The molecular weight excluding hydrogens is 252 g/mol. The zero-order chi connectivity index (χ0) is 13.7. The number of nitrogens with one attached hydrogen (secondary N) is 1. The average molecular weight is 268 g/mol. The molecule has 3 N–H and O–H groups in total. The average Bonchev–Trinajstić information content (AvgIpc) is 3.16. The first-order chi connectivity index (χ1) is 9.70. The van der Waals surface area contributed by atoms with Gasteiger partial charge in [-0.2, -0.15) is 5.10 Å². The van der Waals surface area contributed by atoms with Gasteiger partial charge in [0.25, 0.3) is 0 Å². The Balaban J connectivity index is 1.75. The largest absolute Gasteiger partial charge is 0.397 e. The fraction of sp³-hybridized carbons (Fsp3) is 0.333. The van der Waals surface area contributed by atoms with Gasteiger partial charge in [0.1, 0.15) is 0 Å². The lowest BCUT2D eigenvalue weighted by molar-refractivity contribution is -0.116. The highest BCUT2D eigenvalue weighted by molar-refractivity contribution is 5.95. The summed E-state index contributed by atoms with van der Waals surface area (Å²) in [5.41, 5.74) is 10.7. The molecule has 1 amide bonds. The second-order valence-electron chi connectivity index (χ2n) is 5.58. The lowest BCUT2D eigenvalue weighted by atomic mass is 10.0. The predicted octanol–water partition coefficient (Wildman–Crippen LogP) is 2.22. The summed E-state index contributed by atoms with van der Waals surface area (Å²) in [7, 11) is 0. The van der Waals surface area contributed by atoms with Crippen LogP contribution in [0.3, 0.4) is 0 Å². The topological polar surface area (TPSA) is 72.9 Å². The van der Waals surface area contributed by atoms with Crippen LogP contribution in [0.2, 0.25) is 0 Å². The fourth-order valence-corrected chi connectivity index (χ4v) is 2.70. The maximum Gasteiger partial charge on any atom is 0.224 e. The summed E-state index contributed by atoms with van der Waals surface area (Å²) in [6, 6.07) is 5.94. The van der Waals surface area contributed by atoms with Crippen LogP contribution >= 0.6 is 0 Å². The molecule has 5 nitrogen and oxygen atoms in total. The number of aryl methyl sites for hydroxylation is 1. The molecule has 20 heavy (non-hydrogen) atoms. The van der Waals surface area contributed by atoms with Gasteiger partial charge in [-0.05, 0) is 43.0 Å². The SMILES string of the molecule is Nc1cc2c(cc1-n1ccc(C3CC3)n1)CCC(=O)N2. The van der Waals surface area contributed by atoms with Crippen molar-refractivity contribution in [2.45, 2.75) is 31.6 Å². The van der Waals surface area contributed by atoms with Gasteiger partial charge in [0.15, 0.2) is 0 Å². The Hall–Kier alpha value is -2.30. The number of hydrogen-bond donors (Lipinski definition) is 2. The van der Waals surface area contributed by atoms with Gasteiger partial charge < -0.3 is 11.1 Å². The second-order valence-corrected chi connectivity index (χ2v) is 5.58. The van der Waals surface area contributed by atoms with Crippen LogP contribution in [-0.4, -0.2) is 15.7 Å². The van der Waals surface area contributed by atoms with Gasteiger partial charge in [-0.25, -0.2) is 4.68 Å². The number of amides is 1. The molecule has 1 aromatic heterocycles. The van der Waals surface area contributed by atoms with Crippen molar-refractivity contribution in [2.75, 3.05) is 11.1 Å². The number of nitrogens with two attached hydrogens (primary N) is 1. The number of nitrogens with zero attached hydrogens (tertiary/aromatic N) is 2. The summed E-state index contributed by atoms with van der Waals surface area (Å²) in [5.74, 6) is 0.689. The summed E-state index contributed by atoms with van der Waals surface area (Å²) in [6.45, 7) is 0. The lowest BCUT2D eigenvalue weighted by Crippen LogP contribution is -2.19. The van der Waals surface area contributed by atoms with Crippen molar-refractivity contribution < 1.29 is 4.79 Å². The van der Waals surface area contributed by atoms with E-state index in [0.717, 1.165) is 29.1 Å². The van der Waals surface area contributed by atoms with Crippen molar-refractivity contribution in [2.24, 2.45) is 0 Å². The predicted molar refractivity (Wildman–Crippen MR) is 76.9 cm³/mol. The summed E-state index contributed by atoms with van der Waals surface area (Å²) in [4.78, 5) is 11.4. The molecule has 1 aromatic carbocycles. The van der Waals surface area contributed by atoms with Crippen LogP contribution in [0.25, 0.3) is 5.69 Å². The highest BCUT2D eigenvalue weighted by atomic mass is 16.1. The molecule has 1 fully saturated rings. The van der Waals surface area contributed by atoms with E-state index in [1.807, 2.05) is 23.0 Å². The molecule has 1 aliphatic heterocycles. The molecule has 1 saturated carbocycles. The van der Waals surface area contributed by atoms with Crippen molar-refractivity contribution >= 4 is 17.3 Å². The number of hydrogen-bond acceptors (Lipinski definition) is 3. The smallest absolute Gasteiger partial charge is 0.224 e. The van der Waals surface area contributed by atoms with Gasteiger partial charge in [0, 0.05) is 24.2 Å². The van der Waals surface area contributed by atoms with Crippen LogP contribution in [0.4, 0.5) is 11.4 Å². The van der Waals surface area contributed by atoms with E-state index in [-0.39, 0.29) is 5.91 Å². The minimum absolute atomic E-state index is 0.0553. The van der Waals surface area contributed by atoms with Crippen LogP contribution in [0, 0.1) is 0 Å². The molecular formula is C15H16N4O. The lowest BCUT2D eigenvalue weighted by Gasteiger charge is -2.19. The Labute approximate surface area is 116 Å². The third kappa shape index (κ3) is 1.86. The van der Waals surface area contributed by atoms with Gasteiger partial charge in [0.2, 0.25) is 5.91 Å². The molecule has 0 spiro atoms. The van der Waals surface area contributed by atoms with Gasteiger partial charge in [0.05, 0.1) is 17.1 Å². The standard InChI is InChI=1S/C15H16N4O/c16-11-8-13-10(3-4-15(20)17-13)7-14(11)19-6-5-12(18-19)9-1-2-9/h5-9H,1-4,16H2,(H,17,20). The van der Waals surface area contributed by atoms with Crippen LogP contribution in [-0.2, 0) is 11.2 Å². The minimum Gasteiger partial charge on any atom is -0.397 e. The molecule has 5 heteroatoms. The van der Waals surface area contributed by atoms with Gasteiger partial charge in [-0.3, -0.25) is 4.79 Å². The van der Waals surface area contributed by atoms with Crippen LogP contribution in [0.5, 0.6) is 0 Å². The Kier molecular flexibility index (Phi) is 2.36. The molecule has 0 atom stereocenters. The number of fused-ring (bicyclic) bond motifs is 1. The Morgan fingerprint density at radius 1 is 1.30 bits per heavy atom. The molecule has 0 saturated heterocycles. The molecule has 2 heterocycles. The first-order valence-electron chi connectivity index (χ1n) is 6.99. The summed E-state index contributed by atoms with van der Waals surface area (Å²) in [6.07, 6.45) is 5.73. The zero-order valence-corrected chi connectivity index (χ0v) is 11.1. The molecule has 0 radical (unpaired) electrons. The van der Waals surface area contributed by atoms with E-state index in [4.69, 9.17) is 5.73 Å². The Morgan fingerprint density at radius 3 is 2.95 bits per heavy atom. The number of anilines is 2. The van der Waals surface area contributed by atoms with E-state index in [9.17, 15) is 4.79 Å². The molecule has 1 aliphatic carbocycles. The van der Waals surface area contributed by atoms with Crippen molar-refractivity contribution in [3.05, 3.63) is 35.7 Å². The molecule has 0 unspecified atom stereocenters. The Morgan fingerprint density at radius 2 is 2.15 bits per heavy atom. The number of rotatable bonds is 2. The third-order valence-corrected chi connectivity index (χ3v) is 4.00. The molecule has 0 bridgehead atoms. The van der Waals surface area contributed by atoms with E-state index in [2.05, 4.69) is 16.5 Å². The van der Waals surface area contributed by atoms with E-state index >= 15 is 0 Å². The van der Waals surface area contributed by atoms with Crippen LogP contribution in [0.1, 0.15) is 36.4 Å². The quantitative estimate of drug-likeness (QED) is 0.820. The van der Waals surface area contributed by atoms with E-state index in [1.165, 1.54) is 12.8 Å². The number of aromatic nitrogens is 2. The molecule has 2 aliphatic rings.